The highest BCUT2D eigenvalue weighted by Gasteiger charge is 2.22. The molecule has 110 valence electrons. The van der Waals surface area contributed by atoms with Crippen LogP contribution in [0.2, 0.25) is 0 Å². The Morgan fingerprint density at radius 2 is 2.05 bits per heavy atom. The molecule has 1 aliphatic rings. The molecule has 0 saturated carbocycles. The summed E-state index contributed by atoms with van der Waals surface area (Å²) in [5.74, 6) is -1.13. The van der Waals surface area contributed by atoms with Gasteiger partial charge < -0.3 is 9.64 Å². The first-order chi connectivity index (χ1) is 9.58. The molecule has 5 heteroatoms. The second kappa shape index (κ2) is 6.90. The molecule has 0 spiro atoms. The van der Waals surface area contributed by atoms with Gasteiger partial charge in [-0.1, -0.05) is 0 Å². The van der Waals surface area contributed by atoms with E-state index in [4.69, 9.17) is 4.74 Å². The molecule has 2 rings (SSSR count). The van der Waals surface area contributed by atoms with Crippen LogP contribution < -0.4 is 0 Å². The maximum atomic E-state index is 13.0. The molecular weight excluding hydrogens is 264 g/mol. The van der Waals surface area contributed by atoms with Crippen LogP contribution >= 0.6 is 0 Å². The first-order valence-electron chi connectivity index (χ1n) is 6.79. The van der Waals surface area contributed by atoms with Crippen molar-refractivity contribution in [3.05, 3.63) is 35.4 Å². The van der Waals surface area contributed by atoms with Gasteiger partial charge in [-0.25, -0.2) is 8.78 Å². The van der Waals surface area contributed by atoms with Crippen molar-refractivity contribution in [2.45, 2.75) is 12.8 Å². The van der Waals surface area contributed by atoms with Gasteiger partial charge in [-0.2, -0.15) is 0 Å². The molecule has 1 saturated heterocycles. The van der Waals surface area contributed by atoms with Crippen molar-refractivity contribution in [3.8, 4) is 0 Å². The fourth-order valence-electron chi connectivity index (χ4n) is 2.61. The van der Waals surface area contributed by atoms with Gasteiger partial charge in [0.05, 0.1) is 6.61 Å². The first kappa shape index (κ1) is 15.1. The molecule has 1 heterocycles. The van der Waals surface area contributed by atoms with E-state index < -0.39 is 11.6 Å². The van der Waals surface area contributed by atoms with Crippen molar-refractivity contribution in [2.24, 2.45) is 5.92 Å². The minimum atomic E-state index is -0.713. The number of ether oxygens (including phenoxy) is 1. The summed E-state index contributed by atoms with van der Waals surface area (Å²) in [4.78, 5) is 14.1. The summed E-state index contributed by atoms with van der Waals surface area (Å²) in [6, 6.07) is 2.94. The average molecular weight is 283 g/mol. The molecule has 20 heavy (non-hydrogen) atoms. The molecule has 1 unspecified atom stereocenters. The maximum absolute atomic E-state index is 13.0. The van der Waals surface area contributed by atoms with Gasteiger partial charge in [-0.3, -0.25) is 4.79 Å². The monoisotopic (exact) mass is 283 g/mol. The SMILES string of the molecule is COCC1CCN(CCC(=O)c2cc(F)cc(F)c2)C1. The van der Waals surface area contributed by atoms with Gasteiger partial charge in [-0.05, 0) is 31.0 Å². The number of ketones is 1. The lowest BCUT2D eigenvalue weighted by atomic mass is 10.1. The van der Waals surface area contributed by atoms with Crippen LogP contribution in [0.5, 0.6) is 0 Å². The van der Waals surface area contributed by atoms with E-state index in [0.29, 0.717) is 12.5 Å². The number of hydrogen-bond donors (Lipinski definition) is 0. The Balaban J connectivity index is 1.83. The number of rotatable bonds is 6. The molecule has 1 aliphatic heterocycles. The van der Waals surface area contributed by atoms with Gasteiger partial charge in [-0.15, -0.1) is 0 Å². The van der Waals surface area contributed by atoms with Crippen LogP contribution in [-0.4, -0.2) is 44.0 Å². The van der Waals surface area contributed by atoms with Crippen molar-refractivity contribution in [3.63, 3.8) is 0 Å². The highest BCUT2D eigenvalue weighted by Crippen LogP contribution is 2.17. The smallest absolute Gasteiger partial charge is 0.164 e. The lowest BCUT2D eigenvalue weighted by Crippen LogP contribution is -2.24. The number of likely N-dealkylation sites (tertiary alicyclic amines) is 1. The Labute approximate surface area is 117 Å². The largest absolute Gasteiger partial charge is 0.384 e. The summed E-state index contributed by atoms with van der Waals surface area (Å²) in [5, 5.41) is 0. The Morgan fingerprint density at radius 1 is 1.35 bits per heavy atom. The van der Waals surface area contributed by atoms with Crippen LogP contribution in [0.4, 0.5) is 8.78 Å². The van der Waals surface area contributed by atoms with Crippen LogP contribution in [0, 0.1) is 17.6 Å². The molecule has 1 fully saturated rings. The molecule has 0 bridgehead atoms. The van der Waals surface area contributed by atoms with E-state index in [1.807, 2.05) is 0 Å². The minimum Gasteiger partial charge on any atom is -0.384 e. The fourth-order valence-corrected chi connectivity index (χ4v) is 2.61. The predicted octanol–water partition coefficient (Wildman–Crippen LogP) is 2.51. The van der Waals surface area contributed by atoms with E-state index in [1.165, 1.54) is 0 Å². The normalized spacial score (nSPS) is 19.4. The Hall–Kier alpha value is -1.33. The zero-order valence-electron chi connectivity index (χ0n) is 11.6. The molecule has 0 aromatic heterocycles. The third-order valence-corrected chi connectivity index (χ3v) is 3.61. The highest BCUT2D eigenvalue weighted by molar-refractivity contribution is 5.96. The number of hydrogen-bond acceptors (Lipinski definition) is 3. The first-order valence-corrected chi connectivity index (χ1v) is 6.79. The number of carbonyl (C=O) groups excluding carboxylic acids is 1. The van der Waals surface area contributed by atoms with Crippen molar-refractivity contribution >= 4 is 5.78 Å². The Bertz CT molecular complexity index is 459. The van der Waals surface area contributed by atoms with Gasteiger partial charge in [0.15, 0.2) is 5.78 Å². The number of benzene rings is 1. The van der Waals surface area contributed by atoms with Crippen LogP contribution in [0.1, 0.15) is 23.2 Å². The molecule has 1 aromatic carbocycles. The third-order valence-electron chi connectivity index (χ3n) is 3.61. The quantitative estimate of drug-likeness (QED) is 0.751. The topological polar surface area (TPSA) is 29.5 Å². The zero-order valence-corrected chi connectivity index (χ0v) is 11.6. The molecule has 1 aromatic rings. The standard InChI is InChI=1S/C15H19F2NO2/c1-20-10-11-2-4-18(9-11)5-3-15(19)12-6-13(16)8-14(17)7-12/h6-8,11H,2-5,9-10H2,1H3. The van der Waals surface area contributed by atoms with Crippen molar-refractivity contribution in [2.75, 3.05) is 33.4 Å². The fraction of sp³-hybridized carbons (Fsp3) is 0.533. The van der Waals surface area contributed by atoms with Gasteiger partial charge >= 0.3 is 0 Å². The summed E-state index contributed by atoms with van der Waals surface area (Å²) in [6.07, 6.45) is 1.35. The van der Waals surface area contributed by atoms with E-state index in [9.17, 15) is 13.6 Å². The van der Waals surface area contributed by atoms with Gasteiger partial charge in [0.25, 0.3) is 0 Å². The summed E-state index contributed by atoms with van der Waals surface area (Å²) in [6.45, 7) is 3.22. The zero-order chi connectivity index (χ0) is 14.5. The molecule has 1 atom stereocenters. The molecule has 0 aliphatic carbocycles. The second-order valence-electron chi connectivity index (χ2n) is 5.24. The third kappa shape index (κ3) is 4.08. The lowest BCUT2D eigenvalue weighted by Gasteiger charge is -2.15. The average Bonchev–Trinajstić information content (AvgIpc) is 2.83. The number of carbonyl (C=O) groups is 1. The summed E-state index contributed by atoms with van der Waals surface area (Å²) in [7, 11) is 1.69. The van der Waals surface area contributed by atoms with Crippen molar-refractivity contribution in [1.82, 2.24) is 4.90 Å². The molecule has 0 radical (unpaired) electrons. The van der Waals surface area contributed by atoms with Gasteiger partial charge in [0.1, 0.15) is 11.6 Å². The van der Waals surface area contributed by atoms with E-state index >= 15 is 0 Å². The number of methoxy groups -OCH3 is 1. The van der Waals surface area contributed by atoms with Crippen molar-refractivity contribution in [1.29, 1.82) is 0 Å². The lowest BCUT2D eigenvalue weighted by molar-refractivity contribution is 0.0965. The second-order valence-corrected chi connectivity index (χ2v) is 5.24. The summed E-state index contributed by atoms with van der Waals surface area (Å²) in [5.41, 5.74) is 0.107. The van der Waals surface area contributed by atoms with Crippen LogP contribution in [0.25, 0.3) is 0 Å². The Kier molecular flexibility index (Phi) is 5.20. The molecule has 3 nitrogen and oxygen atoms in total. The summed E-state index contributed by atoms with van der Waals surface area (Å²) < 4.78 is 31.2. The number of halogens is 2. The number of nitrogens with zero attached hydrogens (tertiary/aromatic N) is 1. The van der Waals surface area contributed by atoms with Crippen molar-refractivity contribution < 1.29 is 18.3 Å². The van der Waals surface area contributed by atoms with Crippen LogP contribution in [-0.2, 0) is 4.74 Å². The summed E-state index contributed by atoms with van der Waals surface area (Å²) >= 11 is 0. The highest BCUT2D eigenvalue weighted by atomic mass is 19.1. The predicted molar refractivity (Wildman–Crippen MR) is 71.7 cm³/mol. The van der Waals surface area contributed by atoms with Crippen LogP contribution in [0.3, 0.4) is 0 Å². The van der Waals surface area contributed by atoms with E-state index in [1.54, 1.807) is 7.11 Å². The Morgan fingerprint density at radius 3 is 2.70 bits per heavy atom. The minimum absolute atomic E-state index is 0.107. The van der Waals surface area contributed by atoms with E-state index in [0.717, 1.165) is 44.3 Å². The molecule has 0 N–H and O–H groups in total. The van der Waals surface area contributed by atoms with Gasteiger partial charge in [0, 0.05) is 38.2 Å². The van der Waals surface area contributed by atoms with E-state index in [-0.39, 0.29) is 17.8 Å². The van der Waals surface area contributed by atoms with Crippen LogP contribution in [0.15, 0.2) is 18.2 Å². The number of Topliss-reactive ketones (excluding diaryl/α,β-unsaturated/α-hetero) is 1. The molecular formula is C15H19F2NO2. The van der Waals surface area contributed by atoms with E-state index in [2.05, 4.69) is 4.90 Å². The molecule has 0 amide bonds. The maximum Gasteiger partial charge on any atom is 0.164 e. The van der Waals surface area contributed by atoms with Gasteiger partial charge in [0.2, 0.25) is 0 Å².